The molecule has 0 unspecified atom stereocenters. The number of rotatable bonds is 3. The third-order valence-electron chi connectivity index (χ3n) is 3.20. The second kappa shape index (κ2) is 4.36. The summed E-state index contributed by atoms with van der Waals surface area (Å²) < 4.78 is 14.2. The van der Waals surface area contributed by atoms with Crippen LogP contribution in [0.2, 0.25) is 0 Å². The fourth-order valence-electron chi connectivity index (χ4n) is 2.27. The predicted octanol–water partition coefficient (Wildman–Crippen LogP) is 2.50. The van der Waals surface area contributed by atoms with Crippen LogP contribution in [0.5, 0.6) is 0 Å². The van der Waals surface area contributed by atoms with Gasteiger partial charge in [0, 0.05) is 7.05 Å². The molecule has 0 aliphatic heterocycles. The van der Waals surface area contributed by atoms with E-state index in [1.807, 2.05) is 31.0 Å². The molecule has 16 heavy (non-hydrogen) atoms. The maximum atomic E-state index is 14.2. The molecular formula is C12H18FN3. The van der Waals surface area contributed by atoms with Crippen LogP contribution < -0.4 is 4.90 Å². The molecule has 0 radical (unpaired) electrons. The number of hydrogen-bond donors (Lipinski definition) is 0. The Kier molecular flexibility index (Phi) is 3.08. The highest BCUT2D eigenvalue weighted by Crippen LogP contribution is 2.34. The van der Waals surface area contributed by atoms with E-state index < -0.39 is 5.67 Å². The summed E-state index contributed by atoms with van der Waals surface area (Å²) in [5.41, 5.74) is -0.144. The number of aryl methyl sites for hydroxylation is 1. The SMILES string of the molecule is Cc1ccc(N(C)CC2(F)CCCC2)nn1. The lowest BCUT2D eigenvalue weighted by Gasteiger charge is -2.26. The zero-order valence-corrected chi connectivity index (χ0v) is 9.91. The van der Waals surface area contributed by atoms with Crippen molar-refractivity contribution in [1.82, 2.24) is 10.2 Å². The number of aromatic nitrogens is 2. The van der Waals surface area contributed by atoms with Crippen molar-refractivity contribution in [2.45, 2.75) is 38.3 Å². The zero-order chi connectivity index (χ0) is 11.6. The van der Waals surface area contributed by atoms with Gasteiger partial charge in [-0.2, -0.15) is 5.10 Å². The summed E-state index contributed by atoms with van der Waals surface area (Å²) in [5.74, 6) is 0.745. The minimum atomic E-state index is -1.03. The highest BCUT2D eigenvalue weighted by atomic mass is 19.1. The van der Waals surface area contributed by atoms with Crippen molar-refractivity contribution in [1.29, 1.82) is 0 Å². The Balaban J connectivity index is 2.02. The van der Waals surface area contributed by atoms with Crippen LogP contribution in [0.1, 0.15) is 31.4 Å². The second-order valence-electron chi connectivity index (χ2n) is 4.75. The molecule has 0 N–H and O–H groups in total. The largest absolute Gasteiger partial charge is 0.355 e. The van der Waals surface area contributed by atoms with Gasteiger partial charge in [-0.3, -0.25) is 0 Å². The molecule has 1 heterocycles. The van der Waals surface area contributed by atoms with E-state index in [1.165, 1.54) is 0 Å². The van der Waals surface area contributed by atoms with E-state index in [0.717, 1.165) is 24.4 Å². The van der Waals surface area contributed by atoms with Crippen LogP contribution >= 0.6 is 0 Å². The minimum Gasteiger partial charge on any atom is -0.355 e. The highest BCUT2D eigenvalue weighted by molar-refractivity contribution is 5.36. The maximum absolute atomic E-state index is 14.2. The average Bonchev–Trinajstić information content (AvgIpc) is 2.65. The highest BCUT2D eigenvalue weighted by Gasteiger charge is 2.34. The molecule has 0 spiro atoms. The van der Waals surface area contributed by atoms with E-state index in [9.17, 15) is 4.39 Å². The van der Waals surface area contributed by atoms with Gasteiger partial charge in [-0.05, 0) is 31.9 Å². The molecule has 2 rings (SSSR count). The summed E-state index contributed by atoms with van der Waals surface area (Å²) in [6.07, 6.45) is 3.36. The van der Waals surface area contributed by atoms with Crippen LogP contribution in [-0.2, 0) is 0 Å². The Labute approximate surface area is 95.7 Å². The molecule has 0 amide bonds. The third kappa shape index (κ3) is 2.49. The second-order valence-corrected chi connectivity index (χ2v) is 4.75. The number of halogens is 1. The van der Waals surface area contributed by atoms with Gasteiger partial charge in [0.2, 0.25) is 0 Å². The summed E-state index contributed by atoms with van der Waals surface area (Å²) in [6.45, 7) is 2.31. The summed E-state index contributed by atoms with van der Waals surface area (Å²) in [6, 6.07) is 3.79. The smallest absolute Gasteiger partial charge is 0.151 e. The van der Waals surface area contributed by atoms with Crippen molar-refractivity contribution in [3.05, 3.63) is 17.8 Å². The lowest BCUT2D eigenvalue weighted by Crippen LogP contribution is -2.36. The van der Waals surface area contributed by atoms with Gasteiger partial charge in [-0.1, -0.05) is 12.8 Å². The standard InChI is InChI=1S/C12H18FN3/c1-10-5-6-11(15-14-10)16(2)9-12(13)7-3-4-8-12/h5-6H,3-4,7-9H2,1-2H3. The fraction of sp³-hybridized carbons (Fsp3) is 0.667. The molecule has 0 aromatic carbocycles. The third-order valence-corrected chi connectivity index (χ3v) is 3.20. The maximum Gasteiger partial charge on any atom is 0.151 e. The zero-order valence-electron chi connectivity index (χ0n) is 9.91. The summed E-state index contributed by atoms with van der Waals surface area (Å²) in [4.78, 5) is 1.86. The number of hydrogen-bond acceptors (Lipinski definition) is 3. The van der Waals surface area contributed by atoms with Gasteiger partial charge in [0.15, 0.2) is 5.82 Å². The predicted molar refractivity (Wildman–Crippen MR) is 62.3 cm³/mol. The Morgan fingerprint density at radius 3 is 2.56 bits per heavy atom. The lowest BCUT2D eigenvalue weighted by atomic mass is 10.0. The molecule has 1 fully saturated rings. The van der Waals surface area contributed by atoms with E-state index in [0.29, 0.717) is 19.4 Å². The molecule has 3 nitrogen and oxygen atoms in total. The van der Waals surface area contributed by atoms with Crippen LogP contribution in [0.3, 0.4) is 0 Å². The van der Waals surface area contributed by atoms with Crippen molar-refractivity contribution < 1.29 is 4.39 Å². The molecule has 1 aliphatic rings. The fourth-order valence-corrected chi connectivity index (χ4v) is 2.27. The van der Waals surface area contributed by atoms with Crippen LogP contribution in [0, 0.1) is 6.92 Å². The molecule has 1 aromatic rings. The summed E-state index contributed by atoms with van der Waals surface area (Å²) >= 11 is 0. The van der Waals surface area contributed by atoms with Crippen molar-refractivity contribution in [3.8, 4) is 0 Å². The Morgan fingerprint density at radius 2 is 2.00 bits per heavy atom. The Bertz CT molecular complexity index is 344. The summed E-state index contributed by atoms with van der Waals surface area (Å²) in [7, 11) is 1.87. The molecule has 1 aromatic heterocycles. The molecular weight excluding hydrogens is 205 g/mol. The summed E-state index contributed by atoms with van der Waals surface area (Å²) in [5, 5.41) is 8.04. The van der Waals surface area contributed by atoms with Crippen LogP contribution in [-0.4, -0.2) is 29.5 Å². The van der Waals surface area contributed by atoms with Gasteiger partial charge in [0.1, 0.15) is 5.67 Å². The molecule has 1 saturated carbocycles. The first-order chi connectivity index (χ1) is 7.59. The van der Waals surface area contributed by atoms with Crippen LogP contribution in [0.15, 0.2) is 12.1 Å². The average molecular weight is 223 g/mol. The van der Waals surface area contributed by atoms with E-state index in [4.69, 9.17) is 0 Å². The first-order valence-electron chi connectivity index (χ1n) is 5.79. The van der Waals surface area contributed by atoms with Crippen LogP contribution in [0.25, 0.3) is 0 Å². The monoisotopic (exact) mass is 223 g/mol. The van der Waals surface area contributed by atoms with Gasteiger partial charge >= 0.3 is 0 Å². The molecule has 1 aliphatic carbocycles. The Morgan fingerprint density at radius 1 is 1.31 bits per heavy atom. The van der Waals surface area contributed by atoms with Gasteiger partial charge in [0.05, 0.1) is 12.2 Å². The van der Waals surface area contributed by atoms with Crippen LogP contribution in [0.4, 0.5) is 10.2 Å². The first-order valence-corrected chi connectivity index (χ1v) is 5.79. The van der Waals surface area contributed by atoms with Gasteiger partial charge in [0.25, 0.3) is 0 Å². The topological polar surface area (TPSA) is 29.0 Å². The van der Waals surface area contributed by atoms with Gasteiger partial charge in [-0.25, -0.2) is 4.39 Å². The lowest BCUT2D eigenvalue weighted by molar-refractivity contribution is 0.181. The van der Waals surface area contributed by atoms with Crippen molar-refractivity contribution in [2.24, 2.45) is 0 Å². The van der Waals surface area contributed by atoms with Crippen molar-refractivity contribution in [2.75, 3.05) is 18.5 Å². The minimum absolute atomic E-state index is 0.421. The first kappa shape index (κ1) is 11.3. The van der Waals surface area contributed by atoms with E-state index in [-0.39, 0.29) is 0 Å². The number of anilines is 1. The normalized spacial score (nSPS) is 18.7. The molecule has 0 bridgehead atoms. The quantitative estimate of drug-likeness (QED) is 0.788. The molecule has 4 heteroatoms. The number of alkyl halides is 1. The van der Waals surface area contributed by atoms with Gasteiger partial charge in [-0.15, -0.1) is 5.10 Å². The van der Waals surface area contributed by atoms with Crippen molar-refractivity contribution in [3.63, 3.8) is 0 Å². The molecule has 0 atom stereocenters. The Hall–Kier alpha value is -1.19. The molecule has 0 saturated heterocycles. The van der Waals surface area contributed by atoms with Gasteiger partial charge < -0.3 is 4.90 Å². The van der Waals surface area contributed by atoms with E-state index >= 15 is 0 Å². The molecule has 88 valence electrons. The van der Waals surface area contributed by atoms with E-state index in [2.05, 4.69) is 10.2 Å². The van der Waals surface area contributed by atoms with E-state index in [1.54, 1.807) is 0 Å². The number of nitrogens with zero attached hydrogens (tertiary/aromatic N) is 3. The van der Waals surface area contributed by atoms with Crippen molar-refractivity contribution >= 4 is 5.82 Å².